The van der Waals surface area contributed by atoms with Crippen molar-refractivity contribution >= 4 is 35.5 Å². The number of alkyl halides is 3. The van der Waals surface area contributed by atoms with Crippen LogP contribution >= 0.6 is 24.8 Å². The summed E-state index contributed by atoms with van der Waals surface area (Å²) < 4.78 is 38.0. The molecule has 0 heterocycles. The quantitative estimate of drug-likeness (QED) is 0.431. The number of hydrogen-bond acceptors (Lipinski definition) is 3. The second kappa shape index (κ2) is 5.95. The van der Waals surface area contributed by atoms with Crippen LogP contribution in [0.3, 0.4) is 0 Å². The number of phenols is 1. The van der Waals surface area contributed by atoms with Crippen LogP contribution in [0.2, 0.25) is 0 Å². The normalized spacial score (nSPS) is 11.2. The molecule has 0 saturated carbocycles. The molecule has 0 bridgehead atoms. The lowest BCUT2D eigenvalue weighted by Gasteiger charge is -2.14. The van der Waals surface area contributed by atoms with E-state index in [1.54, 1.807) is 24.3 Å². The minimum absolute atomic E-state index is 0.105. The summed E-state index contributed by atoms with van der Waals surface area (Å²) in [5.41, 5.74) is -0.413. The predicted octanol–water partition coefficient (Wildman–Crippen LogP) is 4.49. The predicted molar refractivity (Wildman–Crippen MR) is 82.1 cm³/mol. The Kier molecular flexibility index (Phi) is 4.43. The number of thiocarbonyl (C=S) groups is 1. The molecule has 2 nitrogen and oxygen atoms in total. The van der Waals surface area contributed by atoms with Crippen molar-refractivity contribution in [3.63, 3.8) is 0 Å². The molecule has 0 radical (unpaired) electrons. The molecule has 2 aromatic carbocycles. The molecule has 0 spiro atoms. The molecule has 0 aromatic heterocycles. The molecule has 0 aliphatic rings. The lowest BCUT2D eigenvalue weighted by atomic mass is 10.1. The molecule has 7 heteroatoms. The second-order valence-corrected chi connectivity index (χ2v) is 5.09. The van der Waals surface area contributed by atoms with E-state index in [4.69, 9.17) is 12.2 Å². The summed E-state index contributed by atoms with van der Waals surface area (Å²) in [5.74, 6) is -0.318. The van der Waals surface area contributed by atoms with Crippen LogP contribution in [0.25, 0.3) is 0 Å². The third-order valence-corrected chi connectivity index (χ3v) is 3.43. The summed E-state index contributed by atoms with van der Waals surface area (Å²) >= 11 is 9.36. The first-order chi connectivity index (χ1) is 9.79. The molecule has 0 unspecified atom stereocenters. The number of anilines is 1. The first kappa shape index (κ1) is 15.7. The van der Waals surface area contributed by atoms with E-state index in [2.05, 4.69) is 17.9 Å². The summed E-state index contributed by atoms with van der Waals surface area (Å²) in [4.78, 5) is 0.761. The van der Waals surface area contributed by atoms with Gasteiger partial charge in [0.2, 0.25) is 0 Å². The van der Waals surface area contributed by atoms with E-state index >= 15 is 0 Å². The average molecular weight is 329 g/mol. The van der Waals surface area contributed by atoms with Gasteiger partial charge in [-0.15, -0.1) is 12.6 Å². The maximum atomic E-state index is 12.7. The summed E-state index contributed by atoms with van der Waals surface area (Å²) in [6.07, 6.45) is -4.49. The van der Waals surface area contributed by atoms with Crippen LogP contribution in [0.15, 0.2) is 47.4 Å². The third-order valence-electron chi connectivity index (χ3n) is 2.72. The molecule has 0 aliphatic heterocycles. The summed E-state index contributed by atoms with van der Waals surface area (Å²) in [6, 6.07) is 9.46. The number of phenolic OH excluding ortho intramolecular Hbond substituents is 1. The van der Waals surface area contributed by atoms with E-state index in [-0.39, 0.29) is 16.4 Å². The minimum Gasteiger partial charge on any atom is -0.506 e. The SMILES string of the molecule is Oc1ccc(C(F)(F)F)cc1NC(=S)c1ccccc1S. The highest BCUT2D eigenvalue weighted by Crippen LogP contribution is 2.34. The maximum Gasteiger partial charge on any atom is 0.416 e. The van der Waals surface area contributed by atoms with Gasteiger partial charge in [0.25, 0.3) is 0 Å². The summed E-state index contributed by atoms with van der Waals surface area (Å²) in [7, 11) is 0. The molecule has 0 saturated heterocycles. The van der Waals surface area contributed by atoms with Crippen LogP contribution in [0, 0.1) is 0 Å². The highest BCUT2D eigenvalue weighted by Gasteiger charge is 2.31. The van der Waals surface area contributed by atoms with Crippen molar-refractivity contribution in [1.82, 2.24) is 0 Å². The van der Waals surface area contributed by atoms with Gasteiger partial charge in [0.15, 0.2) is 0 Å². The zero-order valence-electron chi connectivity index (χ0n) is 10.5. The fraction of sp³-hybridized carbons (Fsp3) is 0.0714. The van der Waals surface area contributed by atoms with Crippen molar-refractivity contribution in [3.8, 4) is 5.75 Å². The van der Waals surface area contributed by atoms with Crippen molar-refractivity contribution < 1.29 is 18.3 Å². The van der Waals surface area contributed by atoms with Gasteiger partial charge < -0.3 is 10.4 Å². The highest BCUT2D eigenvalue weighted by atomic mass is 32.1. The Hall–Kier alpha value is -1.73. The van der Waals surface area contributed by atoms with E-state index in [1.165, 1.54) is 0 Å². The molecule has 0 fully saturated rings. The van der Waals surface area contributed by atoms with Crippen molar-refractivity contribution in [3.05, 3.63) is 53.6 Å². The molecule has 21 heavy (non-hydrogen) atoms. The number of thiol groups is 1. The topological polar surface area (TPSA) is 32.3 Å². The van der Waals surface area contributed by atoms with E-state index in [0.717, 1.165) is 18.2 Å². The molecule has 0 amide bonds. The number of hydrogen-bond donors (Lipinski definition) is 3. The average Bonchev–Trinajstić information content (AvgIpc) is 2.40. The van der Waals surface area contributed by atoms with E-state index < -0.39 is 11.7 Å². The first-order valence-corrected chi connectivity index (χ1v) is 6.64. The monoisotopic (exact) mass is 329 g/mol. The van der Waals surface area contributed by atoms with Crippen molar-refractivity contribution in [2.45, 2.75) is 11.1 Å². The molecular formula is C14H10F3NOS2. The Labute approximate surface area is 130 Å². The van der Waals surface area contributed by atoms with Gasteiger partial charge in [-0.2, -0.15) is 13.2 Å². The van der Waals surface area contributed by atoms with Gasteiger partial charge >= 0.3 is 6.18 Å². The minimum atomic E-state index is -4.49. The van der Waals surface area contributed by atoms with Gasteiger partial charge in [0.05, 0.1) is 11.3 Å². The maximum absolute atomic E-state index is 12.7. The van der Waals surface area contributed by atoms with Gasteiger partial charge in [0, 0.05) is 10.5 Å². The standard InChI is InChI=1S/C14H10F3NOS2/c15-14(16,17)8-5-6-11(19)10(7-8)18-13(21)9-3-1-2-4-12(9)20/h1-7,19-20H,(H,18,21). The summed E-state index contributed by atoms with van der Waals surface area (Å²) in [5, 5.41) is 12.3. The lowest BCUT2D eigenvalue weighted by Crippen LogP contribution is -2.13. The third kappa shape index (κ3) is 3.68. The van der Waals surface area contributed by atoms with Crippen molar-refractivity contribution in [2.75, 3.05) is 5.32 Å². The smallest absolute Gasteiger partial charge is 0.416 e. The molecule has 2 rings (SSSR count). The molecule has 0 aliphatic carbocycles. The van der Waals surface area contributed by atoms with Gasteiger partial charge in [0.1, 0.15) is 10.7 Å². The second-order valence-electron chi connectivity index (χ2n) is 4.20. The highest BCUT2D eigenvalue weighted by molar-refractivity contribution is 7.82. The number of benzene rings is 2. The number of halogens is 3. The lowest BCUT2D eigenvalue weighted by molar-refractivity contribution is -0.137. The number of rotatable bonds is 2. The zero-order chi connectivity index (χ0) is 15.6. The Morgan fingerprint density at radius 3 is 2.43 bits per heavy atom. The van der Waals surface area contributed by atoms with Gasteiger partial charge in [-0.05, 0) is 24.3 Å². The van der Waals surface area contributed by atoms with Crippen LogP contribution < -0.4 is 5.32 Å². The Bertz CT molecular complexity index is 686. The van der Waals surface area contributed by atoms with E-state index in [9.17, 15) is 18.3 Å². The van der Waals surface area contributed by atoms with Crippen LogP contribution in [-0.2, 0) is 6.18 Å². The van der Waals surface area contributed by atoms with Crippen LogP contribution in [0.5, 0.6) is 5.75 Å². The van der Waals surface area contributed by atoms with Gasteiger partial charge in [-0.25, -0.2) is 0 Å². The van der Waals surface area contributed by atoms with Gasteiger partial charge in [-0.3, -0.25) is 0 Å². The fourth-order valence-electron chi connectivity index (χ4n) is 1.67. The zero-order valence-corrected chi connectivity index (χ0v) is 12.2. The Morgan fingerprint density at radius 1 is 1.14 bits per heavy atom. The molecular weight excluding hydrogens is 319 g/mol. The van der Waals surface area contributed by atoms with E-state index in [1.807, 2.05) is 0 Å². The van der Waals surface area contributed by atoms with Crippen molar-refractivity contribution in [1.29, 1.82) is 0 Å². The first-order valence-electron chi connectivity index (χ1n) is 5.78. The van der Waals surface area contributed by atoms with Crippen LogP contribution in [0.1, 0.15) is 11.1 Å². The van der Waals surface area contributed by atoms with Gasteiger partial charge in [-0.1, -0.05) is 30.4 Å². The molecule has 0 atom stereocenters. The number of aromatic hydroxyl groups is 1. The molecule has 2 N–H and O–H groups in total. The van der Waals surface area contributed by atoms with Crippen LogP contribution in [0.4, 0.5) is 18.9 Å². The fourth-order valence-corrected chi connectivity index (χ4v) is 2.30. The largest absolute Gasteiger partial charge is 0.506 e. The summed E-state index contributed by atoms with van der Waals surface area (Å²) in [6.45, 7) is 0. The Morgan fingerprint density at radius 2 is 1.81 bits per heavy atom. The van der Waals surface area contributed by atoms with Crippen LogP contribution in [-0.4, -0.2) is 10.1 Å². The van der Waals surface area contributed by atoms with E-state index in [0.29, 0.717) is 10.5 Å². The Balaban J connectivity index is 2.31. The number of nitrogens with one attached hydrogen (secondary N) is 1. The van der Waals surface area contributed by atoms with Crippen molar-refractivity contribution in [2.24, 2.45) is 0 Å². The molecule has 110 valence electrons. The molecule has 2 aromatic rings.